The average Bonchev–Trinajstić information content (AvgIpc) is 3.11. The first-order valence-electron chi connectivity index (χ1n) is 7.51. The lowest BCUT2D eigenvalue weighted by Crippen LogP contribution is -2.38. The first kappa shape index (κ1) is 19.5. The van der Waals surface area contributed by atoms with Crippen LogP contribution in [0.1, 0.15) is 18.4 Å². The number of hydrogen-bond donors (Lipinski definition) is 0. The van der Waals surface area contributed by atoms with E-state index in [2.05, 4.69) is 20.6 Å². The number of alkyl halides is 3. The number of ether oxygens (including phenoxy) is 1. The number of aromatic nitrogens is 2. The molecule has 0 spiro atoms. The van der Waals surface area contributed by atoms with Crippen LogP contribution in [0.15, 0.2) is 28.8 Å². The SMILES string of the molecule is C#CCN(Cc1ccc(-c2noc(C(F)(F)F)n2)cc1)C(=O)C(C)OC. The van der Waals surface area contributed by atoms with Gasteiger partial charge in [0.15, 0.2) is 0 Å². The molecule has 9 heteroatoms. The number of halogens is 3. The maximum atomic E-state index is 12.5. The Morgan fingerprint density at radius 1 is 1.38 bits per heavy atom. The summed E-state index contributed by atoms with van der Waals surface area (Å²) >= 11 is 0. The maximum Gasteiger partial charge on any atom is 0.471 e. The van der Waals surface area contributed by atoms with Gasteiger partial charge in [-0.25, -0.2) is 0 Å². The Morgan fingerprint density at radius 2 is 2.04 bits per heavy atom. The molecule has 1 amide bonds. The number of carbonyl (C=O) groups excluding carboxylic acids is 1. The van der Waals surface area contributed by atoms with Gasteiger partial charge in [0, 0.05) is 19.2 Å². The fourth-order valence-corrected chi connectivity index (χ4v) is 2.12. The molecular weight excluding hydrogens is 351 g/mol. The molecule has 0 fully saturated rings. The lowest BCUT2D eigenvalue weighted by atomic mass is 10.1. The maximum absolute atomic E-state index is 12.5. The van der Waals surface area contributed by atoms with Crippen molar-refractivity contribution >= 4 is 5.91 Å². The van der Waals surface area contributed by atoms with E-state index in [1.165, 1.54) is 12.0 Å². The Balaban J connectivity index is 2.14. The molecule has 0 saturated carbocycles. The first-order valence-corrected chi connectivity index (χ1v) is 7.51. The second-order valence-corrected chi connectivity index (χ2v) is 5.39. The summed E-state index contributed by atoms with van der Waals surface area (Å²) in [5, 5.41) is 3.32. The molecule has 2 rings (SSSR count). The molecule has 26 heavy (non-hydrogen) atoms. The van der Waals surface area contributed by atoms with Gasteiger partial charge >= 0.3 is 12.1 Å². The van der Waals surface area contributed by atoms with E-state index in [1.54, 1.807) is 31.2 Å². The quantitative estimate of drug-likeness (QED) is 0.735. The van der Waals surface area contributed by atoms with Crippen LogP contribution >= 0.6 is 0 Å². The van der Waals surface area contributed by atoms with Gasteiger partial charge < -0.3 is 14.2 Å². The zero-order valence-corrected chi connectivity index (χ0v) is 14.1. The predicted octanol–water partition coefficient (Wildman–Crippen LogP) is 2.75. The monoisotopic (exact) mass is 367 g/mol. The van der Waals surface area contributed by atoms with Gasteiger partial charge in [-0.2, -0.15) is 18.2 Å². The van der Waals surface area contributed by atoms with Crippen molar-refractivity contribution in [2.24, 2.45) is 0 Å². The van der Waals surface area contributed by atoms with E-state index in [0.29, 0.717) is 5.56 Å². The lowest BCUT2D eigenvalue weighted by molar-refractivity contribution is -0.159. The molecular formula is C17H16F3N3O3. The van der Waals surface area contributed by atoms with Crippen LogP contribution < -0.4 is 0 Å². The number of terminal acetylenes is 1. The van der Waals surface area contributed by atoms with E-state index in [0.717, 1.165) is 5.56 Å². The highest BCUT2D eigenvalue weighted by Gasteiger charge is 2.38. The van der Waals surface area contributed by atoms with Crippen LogP contribution in [0.5, 0.6) is 0 Å². The molecule has 0 aliphatic heterocycles. The van der Waals surface area contributed by atoms with Crippen LogP contribution in [-0.2, 0) is 22.3 Å². The molecule has 1 unspecified atom stereocenters. The number of benzene rings is 1. The Hall–Kier alpha value is -2.86. The zero-order chi connectivity index (χ0) is 19.3. The van der Waals surface area contributed by atoms with E-state index in [1.807, 2.05) is 0 Å². The van der Waals surface area contributed by atoms with Crippen molar-refractivity contribution in [3.8, 4) is 23.7 Å². The topological polar surface area (TPSA) is 68.5 Å². The fraction of sp³-hybridized carbons (Fsp3) is 0.353. The molecule has 2 aromatic rings. The third-order valence-corrected chi connectivity index (χ3v) is 3.55. The molecule has 6 nitrogen and oxygen atoms in total. The second kappa shape index (κ2) is 8.01. The minimum Gasteiger partial charge on any atom is -0.372 e. The smallest absolute Gasteiger partial charge is 0.372 e. The minimum atomic E-state index is -4.70. The molecule has 0 saturated heterocycles. The Bertz CT molecular complexity index is 794. The molecule has 1 heterocycles. The summed E-state index contributed by atoms with van der Waals surface area (Å²) in [5.74, 6) is 0.572. The number of carbonyl (C=O) groups is 1. The van der Waals surface area contributed by atoms with E-state index in [-0.39, 0.29) is 24.8 Å². The van der Waals surface area contributed by atoms with Gasteiger partial charge in [0.2, 0.25) is 5.82 Å². The Morgan fingerprint density at radius 3 is 2.54 bits per heavy atom. The van der Waals surface area contributed by atoms with Crippen molar-refractivity contribution in [1.82, 2.24) is 15.0 Å². The Labute approximate surface area is 147 Å². The van der Waals surface area contributed by atoms with Gasteiger partial charge in [0.1, 0.15) is 6.10 Å². The first-order chi connectivity index (χ1) is 12.3. The van der Waals surface area contributed by atoms with Crippen LogP contribution in [0.4, 0.5) is 13.2 Å². The largest absolute Gasteiger partial charge is 0.471 e. The highest BCUT2D eigenvalue weighted by atomic mass is 19.4. The zero-order valence-electron chi connectivity index (χ0n) is 14.1. The summed E-state index contributed by atoms with van der Waals surface area (Å²) in [4.78, 5) is 17.0. The summed E-state index contributed by atoms with van der Waals surface area (Å²) in [5.41, 5.74) is 1.09. The van der Waals surface area contributed by atoms with Crippen molar-refractivity contribution in [3.05, 3.63) is 35.7 Å². The predicted molar refractivity (Wildman–Crippen MR) is 85.5 cm³/mol. The molecule has 0 aliphatic carbocycles. The molecule has 1 atom stereocenters. The number of amides is 1. The number of methoxy groups -OCH3 is 1. The second-order valence-electron chi connectivity index (χ2n) is 5.39. The van der Waals surface area contributed by atoms with E-state index >= 15 is 0 Å². The normalized spacial score (nSPS) is 12.5. The molecule has 0 bridgehead atoms. The van der Waals surface area contributed by atoms with Gasteiger partial charge in [-0.05, 0) is 12.5 Å². The highest BCUT2D eigenvalue weighted by molar-refractivity contribution is 5.80. The van der Waals surface area contributed by atoms with Gasteiger partial charge in [-0.15, -0.1) is 6.42 Å². The summed E-state index contributed by atoms with van der Waals surface area (Å²) in [6.07, 6.45) is -0.0350. The average molecular weight is 367 g/mol. The van der Waals surface area contributed by atoms with Crippen molar-refractivity contribution in [2.45, 2.75) is 25.7 Å². The summed E-state index contributed by atoms with van der Waals surface area (Å²) in [6.45, 7) is 1.95. The van der Waals surface area contributed by atoms with Crippen LogP contribution in [0.25, 0.3) is 11.4 Å². The lowest BCUT2D eigenvalue weighted by Gasteiger charge is -2.23. The molecule has 1 aromatic carbocycles. The van der Waals surface area contributed by atoms with Crippen LogP contribution in [0.2, 0.25) is 0 Å². The van der Waals surface area contributed by atoms with E-state index in [4.69, 9.17) is 11.2 Å². The molecule has 138 valence electrons. The van der Waals surface area contributed by atoms with Gasteiger partial charge in [-0.1, -0.05) is 35.3 Å². The molecule has 1 aromatic heterocycles. The van der Waals surface area contributed by atoms with Crippen LogP contribution in [-0.4, -0.2) is 40.7 Å². The summed E-state index contributed by atoms with van der Waals surface area (Å²) in [7, 11) is 1.42. The van der Waals surface area contributed by atoms with Crippen molar-refractivity contribution in [3.63, 3.8) is 0 Å². The summed E-state index contributed by atoms with van der Waals surface area (Å²) < 4.78 is 46.7. The number of nitrogens with zero attached hydrogens (tertiary/aromatic N) is 3. The highest BCUT2D eigenvalue weighted by Crippen LogP contribution is 2.29. The van der Waals surface area contributed by atoms with Crippen molar-refractivity contribution in [2.75, 3.05) is 13.7 Å². The fourth-order valence-electron chi connectivity index (χ4n) is 2.12. The van der Waals surface area contributed by atoms with E-state index in [9.17, 15) is 18.0 Å². The third-order valence-electron chi connectivity index (χ3n) is 3.55. The third kappa shape index (κ3) is 4.61. The van der Waals surface area contributed by atoms with Crippen LogP contribution in [0.3, 0.4) is 0 Å². The molecule has 0 N–H and O–H groups in total. The van der Waals surface area contributed by atoms with Crippen molar-refractivity contribution < 1.29 is 27.2 Å². The van der Waals surface area contributed by atoms with Gasteiger partial charge in [0.25, 0.3) is 5.91 Å². The van der Waals surface area contributed by atoms with Crippen LogP contribution in [0, 0.1) is 12.3 Å². The molecule has 0 aliphatic rings. The standard InChI is InChI=1S/C17H16F3N3O3/c1-4-9-23(15(24)11(2)25-3)10-12-5-7-13(8-6-12)14-21-16(26-22-14)17(18,19)20/h1,5-8,11H,9-10H2,2-3H3. The Kier molecular flexibility index (Phi) is 6.00. The summed E-state index contributed by atoms with van der Waals surface area (Å²) in [6, 6.07) is 6.37. The van der Waals surface area contributed by atoms with Gasteiger partial charge in [-0.3, -0.25) is 4.79 Å². The molecule has 0 radical (unpaired) electrons. The van der Waals surface area contributed by atoms with Gasteiger partial charge in [0.05, 0.1) is 6.54 Å². The van der Waals surface area contributed by atoms with Crippen molar-refractivity contribution in [1.29, 1.82) is 0 Å². The minimum absolute atomic E-state index is 0.105. The van der Waals surface area contributed by atoms with E-state index < -0.39 is 18.2 Å². The number of rotatable bonds is 6. The number of hydrogen-bond acceptors (Lipinski definition) is 5.